The Bertz CT molecular complexity index is 417. The fraction of sp³-hybridized carbons (Fsp3) is 0.167. The molecular formula is C12H13NS. The van der Waals surface area contributed by atoms with Crippen LogP contribution in [0.3, 0.4) is 0 Å². The van der Waals surface area contributed by atoms with E-state index in [2.05, 4.69) is 37.3 Å². The van der Waals surface area contributed by atoms with Crippen molar-refractivity contribution in [1.82, 2.24) is 0 Å². The van der Waals surface area contributed by atoms with Crippen molar-refractivity contribution in [3.8, 4) is 10.4 Å². The molecule has 2 N–H and O–H groups in total. The summed E-state index contributed by atoms with van der Waals surface area (Å²) in [6, 6.07) is 12.4. The molecule has 0 saturated heterocycles. The van der Waals surface area contributed by atoms with Crippen molar-refractivity contribution in [2.24, 2.45) is 0 Å². The number of anilines is 1. The molecule has 0 aliphatic rings. The third-order valence-electron chi connectivity index (χ3n) is 2.22. The molecule has 0 aliphatic carbocycles. The highest BCUT2D eigenvalue weighted by molar-refractivity contribution is 7.16. The second kappa shape index (κ2) is 3.84. The fourth-order valence-corrected chi connectivity index (χ4v) is 2.49. The van der Waals surface area contributed by atoms with E-state index in [0.717, 1.165) is 12.1 Å². The first-order valence-electron chi connectivity index (χ1n) is 4.75. The molecule has 2 heteroatoms. The van der Waals surface area contributed by atoms with E-state index in [-0.39, 0.29) is 0 Å². The van der Waals surface area contributed by atoms with Gasteiger partial charge in [0.15, 0.2) is 0 Å². The van der Waals surface area contributed by atoms with E-state index in [1.165, 1.54) is 15.3 Å². The van der Waals surface area contributed by atoms with Gasteiger partial charge in [0.05, 0.1) is 0 Å². The maximum atomic E-state index is 5.90. The quantitative estimate of drug-likeness (QED) is 0.793. The van der Waals surface area contributed by atoms with Gasteiger partial charge in [0.1, 0.15) is 0 Å². The van der Waals surface area contributed by atoms with Crippen molar-refractivity contribution in [3.05, 3.63) is 41.3 Å². The first-order valence-corrected chi connectivity index (χ1v) is 5.56. The van der Waals surface area contributed by atoms with Gasteiger partial charge < -0.3 is 5.73 Å². The fourth-order valence-electron chi connectivity index (χ4n) is 1.46. The SMILES string of the molecule is CCc1sc(-c2ccccc2)cc1N. The Balaban J connectivity index is 2.43. The standard InChI is InChI=1S/C12H13NS/c1-2-11-10(13)8-12(14-11)9-6-4-3-5-7-9/h3-8H,2,13H2,1H3. The molecule has 1 aromatic heterocycles. The lowest BCUT2D eigenvalue weighted by Gasteiger charge is -1.94. The first-order chi connectivity index (χ1) is 6.81. The highest BCUT2D eigenvalue weighted by Gasteiger charge is 2.05. The van der Waals surface area contributed by atoms with Crippen LogP contribution in [0.15, 0.2) is 36.4 Å². The molecule has 0 aliphatic heterocycles. The summed E-state index contributed by atoms with van der Waals surface area (Å²) < 4.78 is 0. The molecule has 0 spiro atoms. The average molecular weight is 203 g/mol. The Morgan fingerprint density at radius 1 is 1.21 bits per heavy atom. The predicted octanol–water partition coefficient (Wildman–Crippen LogP) is 3.56. The summed E-state index contributed by atoms with van der Waals surface area (Å²) in [5.41, 5.74) is 8.08. The lowest BCUT2D eigenvalue weighted by Crippen LogP contribution is -1.84. The molecule has 2 rings (SSSR count). The van der Waals surface area contributed by atoms with Crippen molar-refractivity contribution in [2.45, 2.75) is 13.3 Å². The number of hydrogen-bond acceptors (Lipinski definition) is 2. The van der Waals surface area contributed by atoms with Crippen molar-refractivity contribution < 1.29 is 0 Å². The third kappa shape index (κ3) is 1.66. The van der Waals surface area contributed by atoms with Gasteiger partial charge in [-0.15, -0.1) is 11.3 Å². The number of aryl methyl sites for hydroxylation is 1. The van der Waals surface area contributed by atoms with Crippen molar-refractivity contribution in [2.75, 3.05) is 5.73 Å². The first kappa shape index (κ1) is 9.28. The van der Waals surface area contributed by atoms with Gasteiger partial charge in [0, 0.05) is 15.4 Å². The van der Waals surface area contributed by atoms with Gasteiger partial charge in [-0.25, -0.2) is 0 Å². The van der Waals surface area contributed by atoms with Crippen LogP contribution in [0, 0.1) is 0 Å². The minimum absolute atomic E-state index is 0.927. The lowest BCUT2D eigenvalue weighted by molar-refractivity contribution is 1.19. The molecule has 2 aromatic rings. The van der Waals surface area contributed by atoms with Crippen LogP contribution in [0.1, 0.15) is 11.8 Å². The molecular weight excluding hydrogens is 190 g/mol. The van der Waals surface area contributed by atoms with Crippen LogP contribution in [0.5, 0.6) is 0 Å². The van der Waals surface area contributed by atoms with Crippen LogP contribution in [0.25, 0.3) is 10.4 Å². The van der Waals surface area contributed by atoms with Crippen molar-refractivity contribution >= 4 is 17.0 Å². The number of rotatable bonds is 2. The largest absolute Gasteiger partial charge is 0.398 e. The van der Waals surface area contributed by atoms with Gasteiger partial charge in [0.2, 0.25) is 0 Å². The summed E-state index contributed by atoms with van der Waals surface area (Å²) in [5, 5.41) is 0. The van der Waals surface area contributed by atoms with Crippen molar-refractivity contribution in [3.63, 3.8) is 0 Å². The number of benzene rings is 1. The molecule has 1 aromatic carbocycles. The van der Waals surface area contributed by atoms with E-state index in [4.69, 9.17) is 5.73 Å². The van der Waals surface area contributed by atoms with E-state index >= 15 is 0 Å². The molecule has 0 fully saturated rings. The lowest BCUT2D eigenvalue weighted by atomic mass is 10.2. The van der Waals surface area contributed by atoms with Crippen LogP contribution >= 0.6 is 11.3 Å². The molecule has 0 saturated carbocycles. The molecule has 1 heterocycles. The molecule has 0 atom stereocenters. The van der Waals surface area contributed by atoms with Gasteiger partial charge in [-0.1, -0.05) is 37.3 Å². The summed E-state index contributed by atoms with van der Waals surface area (Å²) in [6.07, 6.45) is 1.02. The second-order valence-corrected chi connectivity index (χ2v) is 4.35. The topological polar surface area (TPSA) is 26.0 Å². The molecule has 1 nitrogen and oxygen atoms in total. The maximum absolute atomic E-state index is 5.90. The van der Waals surface area contributed by atoms with E-state index < -0.39 is 0 Å². The normalized spacial score (nSPS) is 10.4. The number of thiophene rings is 1. The maximum Gasteiger partial charge on any atom is 0.0461 e. The minimum Gasteiger partial charge on any atom is -0.398 e. The molecule has 14 heavy (non-hydrogen) atoms. The summed E-state index contributed by atoms with van der Waals surface area (Å²) in [6.45, 7) is 2.14. The zero-order chi connectivity index (χ0) is 9.97. The van der Waals surface area contributed by atoms with Crippen molar-refractivity contribution in [1.29, 1.82) is 0 Å². The highest BCUT2D eigenvalue weighted by Crippen LogP contribution is 2.33. The molecule has 0 unspecified atom stereocenters. The Labute approximate surface area is 88.2 Å². The zero-order valence-corrected chi connectivity index (χ0v) is 8.97. The van der Waals surface area contributed by atoms with E-state index in [0.29, 0.717) is 0 Å². The van der Waals surface area contributed by atoms with Crippen LogP contribution in [0.2, 0.25) is 0 Å². The Kier molecular flexibility index (Phi) is 2.55. The Morgan fingerprint density at radius 3 is 2.50 bits per heavy atom. The summed E-state index contributed by atoms with van der Waals surface area (Å²) >= 11 is 1.79. The van der Waals surface area contributed by atoms with Gasteiger partial charge in [-0.05, 0) is 18.1 Å². The van der Waals surface area contributed by atoms with Crippen LogP contribution < -0.4 is 5.73 Å². The Hall–Kier alpha value is -1.28. The van der Waals surface area contributed by atoms with E-state index in [1.807, 2.05) is 6.07 Å². The number of nitrogens with two attached hydrogens (primary N) is 1. The van der Waals surface area contributed by atoms with E-state index in [1.54, 1.807) is 11.3 Å². The van der Waals surface area contributed by atoms with Gasteiger partial charge in [0.25, 0.3) is 0 Å². The van der Waals surface area contributed by atoms with Crippen LogP contribution in [-0.2, 0) is 6.42 Å². The minimum atomic E-state index is 0.927. The Morgan fingerprint density at radius 2 is 1.93 bits per heavy atom. The molecule has 72 valence electrons. The zero-order valence-electron chi connectivity index (χ0n) is 8.16. The van der Waals surface area contributed by atoms with Crippen LogP contribution in [-0.4, -0.2) is 0 Å². The average Bonchev–Trinajstić information content (AvgIpc) is 2.61. The third-order valence-corrected chi connectivity index (χ3v) is 3.57. The summed E-state index contributed by atoms with van der Waals surface area (Å²) in [4.78, 5) is 2.55. The van der Waals surface area contributed by atoms with Gasteiger partial charge in [-0.2, -0.15) is 0 Å². The molecule has 0 radical (unpaired) electrons. The van der Waals surface area contributed by atoms with Gasteiger partial charge in [-0.3, -0.25) is 0 Å². The monoisotopic (exact) mass is 203 g/mol. The second-order valence-electron chi connectivity index (χ2n) is 3.21. The molecule has 0 bridgehead atoms. The highest BCUT2D eigenvalue weighted by atomic mass is 32.1. The number of hydrogen-bond donors (Lipinski definition) is 1. The number of nitrogen functional groups attached to an aromatic ring is 1. The van der Waals surface area contributed by atoms with Gasteiger partial charge >= 0.3 is 0 Å². The smallest absolute Gasteiger partial charge is 0.0461 e. The van der Waals surface area contributed by atoms with E-state index in [9.17, 15) is 0 Å². The summed E-state index contributed by atoms with van der Waals surface area (Å²) in [7, 11) is 0. The predicted molar refractivity (Wildman–Crippen MR) is 63.5 cm³/mol. The molecule has 0 amide bonds. The van der Waals surface area contributed by atoms with Crippen LogP contribution in [0.4, 0.5) is 5.69 Å². The summed E-state index contributed by atoms with van der Waals surface area (Å²) in [5.74, 6) is 0.